The summed E-state index contributed by atoms with van der Waals surface area (Å²) < 4.78 is 27.6. The van der Waals surface area contributed by atoms with Crippen molar-refractivity contribution in [1.29, 1.82) is 0 Å². The first-order chi connectivity index (χ1) is 11.4. The maximum absolute atomic E-state index is 12.5. The molecule has 0 aliphatic carbocycles. The number of hydrogen-bond donors (Lipinski definition) is 2. The molecule has 0 amide bonds. The molecule has 0 unspecified atom stereocenters. The Kier molecular flexibility index (Phi) is 4.55. The van der Waals surface area contributed by atoms with Gasteiger partial charge in [-0.1, -0.05) is 18.2 Å². The third-order valence-electron chi connectivity index (χ3n) is 3.28. The van der Waals surface area contributed by atoms with E-state index >= 15 is 0 Å². The summed E-state index contributed by atoms with van der Waals surface area (Å²) in [6, 6.07) is 13.9. The summed E-state index contributed by atoms with van der Waals surface area (Å²) in [6.07, 6.45) is 0. The number of nitrogens with one attached hydrogen (secondary N) is 2. The first-order valence-electron chi connectivity index (χ1n) is 7.31. The topological polar surface area (TPSA) is 71.1 Å². The highest BCUT2D eigenvalue weighted by molar-refractivity contribution is 7.92. The van der Waals surface area contributed by atoms with E-state index in [1.165, 1.54) is 11.3 Å². The monoisotopic (exact) mass is 359 g/mol. The van der Waals surface area contributed by atoms with Gasteiger partial charge in [-0.15, -0.1) is 11.3 Å². The zero-order valence-corrected chi connectivity index (χ0v) is 14.9. The molecule has 0 aliphatic heterocycles. The second kappa shape index (κ2) is 6.62. The Bertz CT molecular complexity index is 965. The summed E-state index contributed by atoms with van der Waals surface area (Å²) in [7, 11) is -3.61. The number of sulfonamides is 1. The molecule has 0 spiro atoms. The van der Waals surface area contributed by atoms with Crippen LogP contribution in [0.5, 0.6) is 0 Å². The van der Waals surface area contributed by atoms with Crippen LogP contribution < -0.4 is 10.0 Å². The molecule has 24 heavy (non-hydrogen) atoms. The Hall–Kier alpha value is -2.38. The SMILES string of the molecule is Cc1cccc(S(=O)(=O)Nc2cccc(Nc3nc(C)cs3)c2)c1. The lowest BCUT2D eigenvalue weighted by Crippen LogP contribution is -2.13. The van der Waals surface area contributed by atoms with Gasteiger partial charge in [0, 0.05) is 11.1 Å². The molecule has 3 rings (SSSR count). The molecular weight excluding hydrogens is 342 g/mol. The third kappa shape index (κ3) is 3.93. The predicted octanol–water partition coefficient (Wildman–Crippen LogP) is 4.30. The highest BCUT2D eigenvalue weighted by atomic mass is 32.2. The van der Waals surface area contributed by atoms with Gasteiger partial charge in [-0.2, -0.15) is 0 Å². The predicted molar refractivity (Wildman–Crippen MR) is 98.6 cm³/mol. The van der Waals surface area contributed by atoms with Crippen LogP contribution in [0, 0.1) is 13.8 Å². The molecule has 0 radical (unpaired) electrons. The minimum atomic E-state index is -3.61. The smallest absolute Gasteiger partial charge is 0.261 e. The molecule has 0 saturated heterocycles. The molecule has 0 bridgehead atoms. The van der Waals surface area contributed by atoms with Crippen molar-refractivity contribution in [3.8, 4) is 0 Å². The highest BCUT2D eigenvalue weighted by Crippen LogP contribution is 2.24. The number of anilines is 3. The molecule has 2 N–H and O–H groups in total. The summed E-state index contributed by atoms with van der Waals surface area (Å²) >= 11 is 1.50. The Labute approximate surface area is 145 Å². The van der Waals surface area contributed by atoms with Crippen LogP contribution in [0.15, 0.2) is 58.8 Å². The summed E-state index contributed by atoms with van der Waals surface area (Å²) in [5, 5.41) is 5.89. The van der Waals surface area contributed by atoms with E-state index in [0.29, 0.717) is 5.69 Å². The van der Waals surface area contributed by atoms with E-state index in [1.54, 1.807) is 36.4 Å². The van der Waals surface area contributed by atoms with Crippen molar-refractivity contribution in [1.82, 2.24) is 4.98 Å². The van der Waals surface area contributed by atoms with Gasteiger partial charge in [0.2, 0.25) is 0 Å². The molecule has 1 heterocycles. The molecule has 0 aliphatic rings. The van der Waals surface area contributed by atoms with Gasteiger partial charge >= 0.3 is 0 Å². The average Bonchev–Trinajstić information content (AvgIpc) is 2.92. The molecule has 7 heteroatoms. The van der Waals surface area contributed by atoms with E-state index in [-0.39, 0.29) is 4.90 Å². The lowest BCUT2D eigenvalue weighted by Gasteiger charge is -2.10. The highest BCUT2D eigenvalue weighted by Gasteiger charge is 2.14. The van der Waals surface area contributed by atoms with Crippen LogP contribution >= 0.6 is 11.3 Å². The Morgan fingerprint density at radius 2 is 1.75 bits per heavy atom. The van der Waals surface area contributed by atoms with Crippen molar-refractivity contribution in [3.05, 3.63) is 65.2 Å². The molecule has 1 aromatic heterocycles. The van der Waals surface area contributed by atoms with Crippen LogP contribution in [0.2, 0.25) is 0 Å². The largest absolute Gasteiger partial charge is 0.331 e. The Morgan fingerprint density at radius 3 is 2.46 bits per heavy atom. The normalized spacial score (nSPS) is 11.2. The van der Waals surface area contributed by atoms with Crippen LogP contribution in [0.3, 0.4) is 0 Å². The van der Waals surface area contributed by atoms with Crippen LogP contribution in [-0.4, -0.2) is 13.4 Å². The number of aromatic nitrogens is 1. The standard InChI is InChI=1S/C17H17N3O2S2/c1-12-5-3-8-16(9-12)24(21,22)20-15-7-4-6-14(10-15)19-17-18-13(2)11-23-17/h3-11,20H,1-2H3,(H,18,19). The van der Waals surface area contributed by atoms with E-state index in [9.17, 15) is 8.42 Å². The number of thiazole rings is 1. The molecular formula is C17H17N3O2S2. The van der Waals surface area contributed by atoms with Crippen LogP contribution in [0.1, 0.15) is 11.3 Å². The maximum atomic E-state index is 12.5. The first kappa shape index (κ1) is 16.5. The first-order valence-corrected chi connectivity index (χ1v) is 9.67. The summed E-state index contributed by atoms with van der Waals surface area (Å²) in [5.41, 5.74) is 3.11. The zero-order chi connectivity index (χ0) is 17.2. The van der Waals surface area contributed by atoms with E-state index in [0.717, 1.165) is 22.1 Å². The fourth-order valence-corrected chi connectivity index (χ4v) is 4.05. The van der Waals surface area contributed by atoms with E-state index < -0.39 is 10.0 Å². The average molecular weight is 359 g/mol. The third-order valence-corrected chi connectivity index (χ3v) is 5.54. The van der Waals surface area contributed by atoms with Crippen molar-refractivity contribution in [2.75, 3.05) is 10.0 Å². The number of hydrogen-bond acceptors (Lipinski definition) is 5. The molecule has 5 nitrogen and oxygen atoms in total. The second-order valence-corrected chi connectivity index (χ2v) is 7.96. The summed E-state index contributed by atoms with van der Waals surface area (Å²) in [4.78, 5) is 4.58. The fraction of sp³-hybridized carbons (Fsp3) is 0.118. The van der Waals surface area contributed by atoms with Crippen LogP contribution in [0.4, 0.5) is 16.5 Å². The van der Waals surface area contributed by atoms with E-state index in [4.69, 9.17) is 0 Å². The second-order valence-electron chi connectivity index (χ2n) is 5.42. The van der Waals surface area contributed by atoms with Gasteiger partial charge in [0.15, 0.2) is 5.13 Å². The van der Waals surface area contributed by atoms with Crippen molar-refractivity contribution >= 4 is 37.9 Å². The Morgan fingerprint density at radius 1 is 1.00 bits per heavy atom. The fourth-order valence-electron chi connectivity index (χ4n) is 2.19. The van der Waals surface area contributed by atoms with Crippen LogP contribution in [-0.2, 0) is 10.0 Å². The molecule has 0 fully saturated rings. The zero-order valence-electron chi connectivity index (χ0n) is 13.3. The molecule has 0 atom stereocenters. The van der Waals surface area contributed by atoms with Gasteiger partial charge < -0.3 is 5.32 Å². The molecule has 2 aromatic carbocycles. The number of rotatable bonds is 5. The Balaban J connectivity index is 1.81. The van der Waals surface area contributed by atoms with Gasteiger partial charge in [0.25, 0.3) is 10.0 Å². The lowest BCUT2D eigenvalue weighted by atomic mass is 10.2. The van der Waals surface area contributed by atoms with Gasteiger partial charge in [0.1, 0.15) is 0 Å². The van der Waals surface area contributed by atoms with Gasteiger partial charge in [-0.3, -0.25) is 4.72 Å². The minimum Gasteiger partial charge on any atom is -0.331 e. The minimum absolute atomic E-state index is 0.247. The molecule has 124 valence electrons. The summed E-state index contributed by atoms with van der Waals surface area (Å²) in [5.74, 6) is 0. The van der Waals surface area contributed by atoms with E-state index in [2.05, 4.69) is 15.0 Å². The maximum Gasteiger partial charge on any atom is 0.261 e. The van der Waals surface area contributed by atoms with Crippen molar-refractivity contribution in [2.45, 2.75) is 18.7 Å². The van der Waals surface area contributed by atoms with Gasteiger partial charge in [0.05, 0.1) is 16.3 Å². The number of nitrogens with zero attached hydrogens (tertiary/aromatic N) is 1. The van der Waals surface area contributed by atoms with Crippen LogP contribution in [0.25, 0.3) is 0 Å². The lowest BCUT2D eigenvalue weighted by molar-refractivity contribution is 0.601. The van der Waals surface area contributed by atoms with Crippen molar-refractivity contribution < 1.29 is 8.42 Å². The van der Waals surface area contributed by atoms with E-state index in [1.807, 2.05) is 31.4 Å². The molecule has 3 aromatic rings. The molecule has 0 saturated carbocycles. The van der Waals surface area contributed by atoms with Gasteiger partial charge in [-0.25, -0.2) is 13.4 Å². The van der Waals surface area contributed by atoms with Crippen molar-refractivity contribution in [2.24, 2.45) is 0 Å². The quantitative estimate of drug-likeness (QED) is 0.712. The number of benzene rings is 2. The number of aryl methyl sites for hydroxylation is 2. The van der Waals surface area contributed by atoms with Gasteiger partial charge in [-0.05, 0) is 49.7 Å². The summed E-state index contributed by atoms with van der Waals surface area (Å²) in [6.45, 7) is 3.79. The van der Waals surface area contributed by atoms with Crippen molar-refractivity contribution in [3.63, 3.8) is 0 Å².